The van der Waals surface area contributed by atoms with Crippen molar-refractivity contribution in [1.29, 1.82) is 0 Å². The minimum Gasteiger partial charge on any atom is -0.364 e. The topological polar surface area (TPSA) is 66.6 Å². The molecule has 4 nitrogen and oxygen atoms in total. The number of allylic oxidation sites excluding steroid dienone is 2. The van der Waals surface area contributed by atoms with Gasteiger partial charge in [-0.3, -0.25) is 10.0 Å². The summed E-state index contributed by atoms with van der Waals surface area (Å²) in [5.41, 5.74) is 4.80. The van der Waals surface area contributed by atoms with Gasteiger partial charge in [-0.2, -0.15) is 0 Å². The predicted molar refractivity (Wildman–Crippen MR) is 44.5 cm³/mol. The maximum Gasteiger partial charge on any atom is 0.268 e. The van der Waals surface area contributed by atoms with Crippen LogP contribution in [0.25, 0.3) is 0 Å². The van der Waals surface area contributed by atoms with Gasteiger partial charge in [-0.05, 0) is 6.08 Å². The smallest absolute Gasteiger partial charge is 0.268 e. The van der Waals surface area contributed by atoms with E-state index < -0.39 is 5.91 Å². The first-order valence-electron chi connectivity index (χ1n) is 3.04. The number of carbonyl (C=O) groups is 1. The number of hydroxylamine groups is 2. The van der Waals surface area contributed by atoms with E-state index in [1.165, 1.54) is 6.08 Å². The Morgan fingerprint density at radius 1 is 1.67 bits per heavy atom. The molecule has 0 radical (unpaired) electrons. The van der Waals surface area contributed by atoms with Crippen LogP contribution in [0.1, 0.15) is 0 Å². The number of primary amides is 1. The van der Waals surface area contributed by atoms with Gasteiger partial charge in [0.15, 0.2) is 0 Å². The third-order valence-electron chi connectivity index (χ3n) is 1.30. The van der Waals surface area contributed by atoms with Crippen LogP contribution in [-0.2, 0) is 4.79 Å². The van der Waals surface area contributed by atoms with Gasteiger partial charge in [-0.15, -0.1) is 0 Å². The predicted octanol–water partition coefficient (Wildman–Crippen LogP) is 0.750. The number of carbonyl (C=O) groups excluding carboxylic acids is 1. The Balaban J connectivity index is 3.08. The van der Waals surface area contributed by atoms with Crippen LogP contribution in [0.15, 0.2) is 21.8 Å². The van der Waals surface area contributed by atoms with Gasteiger partial charge >= 0.3 is 0 Å². The molecule has 1 aliphatic heterocycles. The fraction of sp³-hybridized carbons (Fsp3) is 0.167. The van der Waals surface area contributed by atoms with Gasteiger partial charge in [0.1, 0.15) is 5.70 Å². The Hall–Kier alpha value is -0.710. The summed E-state index contributed by atoms with van der Waals surface area (Å²) in [4.78, 5) is 10.7. The number of rotatable bonds is 1. The molecule has 0 saturated heterocycles. The van der Waals surface area contributed by atoms with Gasteiger partial charge in [0.05, 0.1) is 11.6 Å². The maximum atomic E-state index is 10.7. The van der Waals surface area contributed by atoms with Gasteiger partial charge in [0.25, 0.3) is 5.91 Å². The summed E-state index contributed by atoms with van der Waals surface area (Å²) in [6.45, 7) is 0.0239. The Kier molecular flexibility index (Phi) is 2.62. The molecule has 66 valence electrons. The lowest BCUT2D eigenvalue weighted by Crippen LogP contribution is -2.32. The highest BCUT2D eigenvalue weighted by atomic mass is 35.5. The van der Waals surface area contributed by atoms with Crippen molar-refractivity contribution in [3.05, 3.63) is 21.8 Å². The molecule has 0 saturated carbocycles. The third-order valence-corrected chi connectivity index (χ3v) is 1.82. The molecule has 1 heterocycles. The molecule has 0 unspecified atom stereocenters. The molecule has 0 aliphatic carbocycles. The zero-order valence-electron chi connectivity index (χ0n) is 5.92. The van der Waals surface area contributed by atoms with Gasteiger partial charge in [-0.1, -0.05) is 23.2 Å². The summed E-state index contributed by atoms with van der Waals surface area (Å²) in [6, 6.07) is 0. The van der Waals surface area contributed by atoms with E-state index in [4.69, 9.17) is 34.1 Å². The molecule has 1 rings (SSSR count). The van der Waals surface area contributed by atoms with Gasteiger partial charge in [0.2, 0.25) is 0 Å². The SMILES string of the molecule is NC(=O)C1=C(Cl)C=C(Cl)CN1O. The summed E-state index contributed by atoms with van der Waals surface area (Å²) in [5, 5.41) is 10.1. The molecule has 0 aromatic rings. The van der Waals surface area contributed by atoms with Crippen molar-refractivity contribution in [2.45, 2.75) is 0 Å². The number of hydrogen-bond acceptors (Lipinski definition) is 3. The third kappa shape index (κ3) is 1.72. The van der Waals surface area contributed by atoms with Gasteiger partial charge in [0, 0.05) is 5.03 Å². The second-order valence-electron chi connectivity index (χ2n) is 2.21. The number of amides is 1. The summed E-state index contributed by atoms with van der Waals surface area (Å²) >= 11 is 11.1. The lowest BCUT2D eigenvalue weighted by Gasteiger charge is -2.21. The van der Waals surface area contributed by atoms with Gasteiger partial charge in [-0.25, -0.2) is 5.06 Å². The molecule has 0 aromatic heterocycles. The molecular weight excluding hydrogens is 203 g/mol. The maximum absolute atomic E-state index is 10.7. The summed E-state index contributed by atoms with van der Waals surface area (Å²) in [5.74, 6) is -0.789. The molecule has 0 aromatic carbocycles. The minimum atomic E-state index is -0.789. The second kappa shape index (κ2) is 3.35. The Labute approximate surface area is 78.8 Å². The van der Waals surface area contributed by atoms with Crippen LogP contribution in [0, 0.1) is 0 Å². The van der Waals surface area contributed by atoms with E-state index in [1.807, 2.05) is 0 Å². The Morgan fingerprint density at radius 2 is 2.25 bits per heavy atom. The van der Waals surface area contributed by atoms with Crippen molar-refractivity contribution in [2.24, 2.45) is 5.73 Å². The summed E-state index contributed by atoms with van der Waals surface area (Å²) in [7, 11) is 0. The number of nitrogens with zero attached hydrogens (tertiary/aromatic N) is 1. The summed E-state index contributed by atoms with van der Waals surface area (Å²) < 4.78 is 0. The first-order chi connectivity index (χ1) is 5.52. The average molecular weight is 209 g/mol. The van der Waals surface area contributed by atoms with Crippen LogP contribution in [0.2, 0.25) is 0 Å². The van der Waals surface area contributed by atoms with Crippen LogP contribution in [0.4, 0.5) is 0 Å². The monoisotopic (exact) mass is 208 g/mol. The molecule has 3 N–H and O–H groups in total. The van der Waals surface area contributed by atoms with E-state index >= 15 is 0 Å². The highest BCUT2D eigenvalue weighted by molar-refractivity contribution is 6.36. The number of hydrogen-bond donors (Lipinski definition) is 2. The first-order valence-corrected chi connectivity index (χ1v) is 3.80. The molecule has 0 spiro atoms. The van der Waals surface area contributed by atoms with Crippen molar-refractivity contribution in [1.82, 2.24) is 5.06 Å². The van der Waals surface area contributed by atoms with Crippen LogP contribution >= 0.6 is 23.2 Å². The van der Waals surface area contributed by atoms with Crippen molar-refractivity contribution in [2.75, 3.05) is 6.54 Å². The fourth-order valence-corrected chi connectivity index (χ4v) is 1.44. The van der Waals surface area contributed by atoms with Crippen LogP contribution < -0.4 is 5.73 Å². The first kappa shape index (κ1) is 9.38. The number of halogens is 2. The number of nitrogens with two attached hydrogens (primary N) is 1. The van der Waals surface area contributed by atoms with Crippen molar-refractivity contribution in [3.8, 4) is 0 Å². The molecule has 6 heteroatoms. The van der Waals surface area contributed by atoms with E-state index in [-0.39, 0.29) is 17.3 Å². The van der Waals surface area contributed by atoms with Gasteiger partial charge < -0.3 is 5.73 Å². The molecule has 1 amide bonds. The molecule has 1 aliphatic rings. The quantitative estimate of drug-likeness (QED) is 0.669. The van der Waals surface area contributed by atoms with Crippen molar-refractivity contribution >= 4 is 29.1 Å². The van der Waals surface area contributed by atoms with Crippen molar-refractivity contribution < 1.29 is 10.0 Å². The van der Waals surface area contributed by atoms with Crippen molar-refractivity contribution in [3.63, 3.8) is 0 Å². The molecule has 12 heavy (non-hydrogen) atoms. The Morgan fingerprint density at radius 3 is 2.67 bits per heavy atom. The lowest BCUT2D eigenvalue weighted by atomic mass is 10.2. The normalized spacial score (nSPS) is 17.9. The second-order valence-corrected chi connectivity index (χ2v) is 3.10. The summed E-state index contributed by atoms with van der Waals surface area (Å²) in [6.07, 6.45) is 1.37. The molecule has 0 fully saturated rings. The van der Waals surface area contributed by atoms with E-state index in [1.54, 1.807) is 0 Å². The zero-order chi connectivity index (χ0) is 9.30. The zero-order valence-corrected chi connectivity index (χ0v) is 7.43. The van der Waals surface area contributed by atoms with Crippen LogP contribution in [0.3, 0.4) is 0 Å². The van der Waals surface area contributed by atoms with E-state index in [0.717, 1.165) is 0 Å². The average Bonchev–Trinajstić information content (AvgIpc) is 1.82. The highest BCUT2D eigenvalue weighted by Crippen LogP contribution is 2.23. The van der Waals surface area contributed by atoms with E-state index in [0.29, 0.717) is 10.1 Å². The molecule has 0 bridgehead atoms. The lowest BCUT2D eigenvalue weighted by molar-refractivity contribution is -0.123. The van der Waals surface area contributed by atoms with E-state index in [9.17, 15) is 4.79 Å². The minimum absolute atomic E-state index is 0.0239. The largest absolute Gasteiger partial charge is 0.364 e. The fourth-order valence-electron chi connectivity index (χ4n) is 0.842. The molecule has 0 atom stereocenters. The standard InChI is InChI=1S/C6H6Cl2N2O2/c7-3-1-4(8)5(6(9)11)10(12)2-3/h1,12H,2H2,(H2,9,11). The van der Waals surface area contributed by atoms with Crippen LogP contribution in [-0.4, -0.2) is 22.7 Å². The van der Waals surface area contributed by atoms with E-state index in [2.05, 4.69) is 0 Å². The Bertz CT molecular complexity index is 285. The highest BCUT2D eigenvalue weighted by Gasteiger charge is 2.21. The molecular formula is C6H6Cl2N2O2. The van der Waals surface area contributed by atoms with Crippen LogP contribution in [0.5, 0.6) is 0 Å².